The van der Waals surface area contributed by atoms with E-state index in [-0.39, 0.29) is 12.3 Å². The van der Waals surface area contributed by atoms with Crippen LogP contribution < -0.4 is 5.43 Å². The lowest BCUT2D eigenvalue weighted by Gasteiger charge is -2.08. The minimum absolute atomic E-state index is 0.00979. The van der Waals surface area contributed by atoms with Crippen molar-refractivity contribution in [3.63, 3.8) is 0 Å². The fourth-order valence-corrected chi connectivity index (χ4v) is 2.10. The molecule has 2 aromatic carbocycles. The Bertz CT molecular complexity index is 709. The minimum atomic E-state index is -0.445. The van der Waals surface area contributed by atoms with E-state index in [0.29, 0.717) is 5.69 Å². The minimum Gasteiger partial charge on any atom is -0.392 e. The van der Waals surface area contributed by atoms with Crippen LogP contribution in [0.5, 0.6) is 0 Å². The van der Waals surface area contributed by atoms with Crippen LogP contribution in [0.4, 0.5) is 11.4 Å². The monoisotopic (exact) mass is 299 g/mol. The summed E-state index contributed by atoms with van der Waals surface area (Å²) in [6.45, 7) is 3.88. The van der Waals surface area contributed by atoms with Crippen LogP contribution in [0, 0.1) is 24.0 Å². The van der Waals surface area contributed by atoms with Crippen LogP contribution in [0.1, 0.15) is 22.3 Å². The van der Waals surface area contributed by atoms with Crippen LogP contribution in [0.25, 0.3) is 0 Å². The molecule has 0 saturated carbocycles. The van der Waals surface area contributed by atoms with Crippen LogP contribution in [0.15, 0.2) is 41.5 Å². The van der Waals surface area contributed by atoms with Crippen molar-refractivity contribution in [1.29, 1.82) is 0 Å². The number of nitro benzene ring substituents is 1. The number of aliphatic hydroxyl groups excluding tert-OH is 1. The smallest absolute Gasteiger partial charge is 0.269 e. The molecule has 0 radical (unpaired) electrons. The summed E-state index contributed by atoms with van der Waals surface area (Å²) < 4.78 is 0. The number of hydrogen-bond donors (Lipinski definition) is 2. The molecule has 2 N–H and O–H groups in total. The highest BCUT2D eigenvalue weighted by Gasteiger charge is 2.04. The molecule has 0 amide bonds. The number of aliphatic hydroxyl groups is 1. The number of anilines is 1. The van der Waals surface area contributed by atoms with Crippen LogP contribution in [0.2, 0.25) is 0 Å². The van der Waals surface area contributed by atoms with Crippen molar-refractivity contribution in [1.82, 2.24) is 0 Å². The number of hydrogen-bond acceptors (Lipinski definition) is 5. The number of hydrazone groups is 1. The maximum absolute atomic E-state index is 10.6. The number of aryl methyl sites for hydroxylation is 1. The molecular formula is C16H17N3O3. The summed E-state index contributed by atoms with van der Waals surface area (Å²) in [6, 6.07) is 9.95. The van der Waals surface area contributed by atoms with E-state index in [2.05, 4.69) is 10.5 Å². The van der Waals surface area contributed by atoms with E-state index in [1.165, 1.54) is 12.1 Å². The topological polar surface area (TPSA) is 87.8 Å². The third kappa shape index (κ3) is 3.67. The second kappa shape index (κ2) is 6.82. The molecule has 0 atom stereocenters. The molecule has 2 aromatic rings. The number of rotatable bonds is 5. The Labute approximate surface area is 128 Å². The Kier molecular flexibility index (Phi) is 4.85. The van der Waals surface area contributed by atoms with Crippen LogP contribution in [0.3, 0.4) is 0 Å². The van der Waals surface area contributed by atoms with Gasteiger partial charge in [0.15, 0.2) is 0 Å². The summed E-state index contributed by atoms with van der Waals surface area (Å²) in [7, 11) is 0. The number of nitro groups is 1. The van der Waals surface area contributed by atoms with Crippen molar-refractivity contribution in [2.75, 3.05) is 5.43 Å². The molecule has 0 spiro atoms. The van der Waals surface area contributed by atoms with Gasteiger partial charge in [0.2, 0.25) is 0 Å². The molecule has 0 saturated heterocycles. The van der Waals surface area contributed by atoms with Gasteiger partial charge in [0.25, 0.3) is 5.69 Å². The predicted octanol–water partition coefficient (Wildman–Crippen LogP) is 3.15. The molecule has 0 aliphatic rings. The van der Waals surface area contributed by atoms with E-state index in [4.69, 9.17) is 0 Å². The molecule has 0 fully saturated rings. The molecule has 0 unspecified atom stereocenters. The Morgan fingerprint density at radius 3 is 2.55 bits per heavy atom. The van der Waals surface area contributed by atoms with Gasteiger partial charge in [-0.05, 0) is 42.7 Å². The maximum atomic E-state index is 10.6. The summed E-state index contributed by atoms with van der Waals surface area (Å²) >= 11 is 0. The van der Waals surface area contributed by atoms with E-state index < -0.39 is 4.92 Å². The van der Waals surface area contributed by atoms with E-state index in [1.54, 1.807) is 18.3 Å². The highest BCUT2D eigenvalue weighted by molar-refractivity contribution is 5.83. The lowest BCUT2D eigenvalue weighted by atomic mass is 10.0. The molecular weight excluding hydrogens is 282 g/mol. The fraction of sp³-hybridized carbons (Fsp3) is 0.188. The van der Waals surface area contributed by atoms with Gasteiger partial charge in [-0.2, -0.15) is 5.10 Å². The van der Waals surface area contributed by atoms with E-state index in [9.17, 15) is 15.2 Å². The van der Waals surface area contributed by atoms with Gasteiger partial charge in [-0.1, -0.05) is 17.7 Å². The molecule has 6 nitrogen and oxygen atoms in total. The largest absolute Gasteiger partial charge is 0.392 e. The Morgan fingerprint density at radius 1 is 1.27 bits per heavy atom. The lowest BCUT2D eigenvalue weighted by Crippen LogP contribution is -1.98. The van der Waals surface area contributed by atoms with Crippen molar-refractivity contribution in [2.45, 2.75) is 20.5 Å². The van der Waals surface area contributed by atoms with Crippen molar-refractivity contribution in [2.24, 2.45) is 5.10 Å². The van der Waals surface area contributed by atoms with Crippen molar-refractivity contribution in [3.8, 4) is 0 Å². The molecule has 114 valence electrons. The zero-order valence-corrected chi connectivity index (χ0v) is 12.4. The van der Waals surface area contributed by atoms with Gasteiger partial charge in [-0.3, -0.25) is 15.5 Å². The van der Waals surface area contributed by atoms with Gasteiger partial charge < -0.3 is 5.11 Å². The SMILES string of the molecule is Cc1cc(C=NNc2ccc([N+](=O)[O-])cc2)c(C)c(CO)c1. The van der Waals surface area contributed by atoms with E-state index >= 15 is 0 Å². The van der Waals surface area contributed by atoms with E-state index in [1.807, 2.05) is 26.0 Å². The first kappa shape index (κ1) is 15.7. The Balaban J connectivity index is 2.12. The second-order valence-corrected chi connectivity index (χ2v) is 4.97. The Hall–Kier alpha value is -2.73. The highest BCUT2D eigenvalue weighted by atomic mass is 16.6. The molecule has 0 aliphatic carbocycles. The predicted molar refractivity (Wildman–Crippen MR) is 86.2 cm³/mol. The lowest BCUT2D eigenvalue weighted by molar-refractivity contribution is -0.384. The molecule has 0 aliphatic heterocycles. The normalized spacial score (nSPS) is 10.9. The number of benzene rings is 2. The van der Waals surface area contributed by atoms with E-state index in [0.717, 1.165) is 22.3 Å². The third-order valence-electron chi connectivity index (χ3n) is 3.35. The first-order valence-corrected chi connectivity index (χ1v) is 6.76. The van der Waals surface area contributed by atoms with Gasteiger partial charge in [0, 0.05) is 12.1 Å². The molecule has 0 aromatic heterocycles. The molecule has 22 heavy (non-hydrogen) atoms. The van der Waals surface area contributed by atoms with Crippen LogP contribution in [-0.2, 0) is 6.61 Å². The Morgan fingerprint density at radius 2 is 1.95 bits per heavy atom. The van der Waals surface area contributed by atoms with Gasteiger partial charge >= 0.3 is 0 Å². The van der Waals surface area contributed by atoms with Crippen molar-refractivity contribution < 1.29 is 10.0 Å². The first-order valence-electron chi connectivity index (χ1n) is 6.76. The molecule has 0 heterocycles. The second-order valence-electron chi connectivity index (χ2n) is 4.97. The summed E-state index contributed by atoms with van der Waals surface area (Å²) in [6.07, 6.45) is 1.67. The van der Waals surface area contributed by atoms with Gasteiger partial charge in [0.1, 0.15) is 0 Å². The summed E-state index contributed by atoms with van der Waals surface area (Å²) in [5, 5.41) is 24.0. The fourth-order valence-electron chi connectivity index (χ4n) is 2.10. The maximum Gasteiger partial charge on any atom is 0.269 e. The van der Waals surface area contributed by atoms with Crippen molar-refractivity contribution in [3.05, 3.63) is 68.8 Å². The number of non-ortho nitro benzene ring substituents is 1. The average molecular weight is 299 g/mol. The van der Waals surface area contributed by atoms with Crippen LogP contribution in [-0.4, -0.2) is 16.2 Å². The zero-order chi connectivity index (χ0) is 16.1. The van der Waals surface area contributed by atoms with Gasteiger partial charge in [0.05, 0.1) is 23.4 Å². The first-order chi connectivity index (χ1) is 10.5. The average Bonchev–Trinajstić information content (AvgIpc) is 2.50. The quantitative estimate of drug-likeness (QED) is 0.504. The van der Waals surface area contributed by atoms with Crippen molar-refractivity contribution >= 4 is 17.6 Å². The highest BCUT2D eigenvalue weighted by Crippen LogP contribution is 2.17. The van der Waals surface area contributed by atoms with Gasteiger partial charge in [-0.15, -0.1) is 0 Å². The third-order valence-corrected chi connectivity index (χ3v) is 3.35. The zero-order valence-electron chi connectivity index (χ0n) is 12.4. The summed E-state index contributed by atoms with van der Waals surface area (Å²) in [5.41, 5.74) is 7.34. The number of nitrogens with one attached hydrogen (secondary N) is 1. The molecule has 6 heteroatoms. The standard InChI is InChI=1S/C16H17N3O3/c1-11-7-13(12(2)14(8-11)10-20)9-17-18-15-3-5-16(6-4-15)19(21)22/h3-9,18,20H,10H2,1-2H3. The molecule has 0 bridgehead atoms. The summed E-state index contributed by atoms with van der Waals surface area (Å²) in [5.74, 6) is 0. The van der Waals surface area contributed by atoms with Gasteiger partial charge in [-0.25, -0.2) is 0 Å². The summed E-state index contributed by atoms with van der Waals surface area (Å²) in [4.78, 5) is 10.1. The molecule has 2 rings (SSSR count). The number of nitrogens with zero attached hydrogens (tertiary/aromatic N) is 2. The van der Waals surface area contributed by atoms with Crippen LogP contribution >= 0.6 is 0 Å².